The Morgan fingerprint density at radius 1 is 1.73 bits per heavy atom. The first-order valence-corrected chi connectivity index (χ1v) is 5.34. The number of alkyl halides is 1. The van der Waals surface area contributed by atoms with E-state index in [1.165, 1.54) is 20.4 Å². The molecule has 4 nitrogen and oxygen atoms in total. The molecule has 6 heteroatoms. The number of rotatable bonds is 3. The van der Waals surface area contributed by atoms with E-state index in [9.17, 15) is 4.79 Å². The first-order valence-electron chi connectivity index (χ1n) is 4.22. The van der Waals surface area contributed by atoms with E-state index in [2.05, 4.69) is 20.9 Å². The van der Waals surface area contributed by atoms with E-state index in [-0.39, 0.29) is 5.91 Å². The van der Waals surface area contributed by atoms with Gasteiger partial charge in [0.25, 0.3) is 5.91 Å². The minimum atomic E-state index is -0.299. The number of hydrogen-bond donors (Lipinski definition) is 0. The van der Waals surface area contributed by atoms with Gasteiger partial charge in [0.15, 0.2) is 0 Å². The van der Waals surface area contributed by atoms with Crippen LogP contribution in [-0.4, -0.2) is 38.0 Å². The smallest absolute Gasteiger partial charge is 0.274 e. The van der Waals surface area contributed by atoms with Gasteiger partial charge in [-0.1, -0.05) is 27.5 Å². The topological polar surface area (TPSA) is 42.4 Å². The van der Waals surface area contributed by atoms with Crippen LogP contribution in [0.4, 0.5) is 0 Å². The Balaban J connectivity index is 3.08. The third-order valence-corrected chi connectivity index (χ3v) is 2.50. The summed E-state index contributed by atoms with van der Waals surface area (Å²) in [5, 5.41) is 1.63. The van der Waals surface area contributed by atoms with Crippen molar-refractivity contribution in [3.8, 4) is 0 Å². The zero-order valence-electron chi connectivity index (χ0n) is 8.53. The van der Waals surface area contributed by atoms with Gasteiger partial charge in [-0.2, -0.15) is 0 Å². The molecular weight excluding hydrogens is 259 g/mol. The molecule has 1 rings (SSSR count). The number of amides is 1. The minimum absolute atomic E-state index is 0.299. The second kappa shape index (κ2) is 5.28. The summed E-state index contributed by atoms with van der Waals surface area (Å²) in [5.41, 5.74) is 1.61. The number of halogens is 1. The second-order valence-electron chi connectivity index (χ2n) is 2.90. The van der Waals surface area contributed by atoms with Gasteiger partial charge < -0.3 is 0 Å². The highest BCUT2D eigenvalue weighted by atomic mass is 79.9. The Hall–Kier alpha value is -0.875. The zero-order valence-corrected chi connectivity index (χ0v) is 10.1. The first-order chi connectivity index (χ1) is 7.10. The van der Waals surface area contributed by atoms with Gasteiger partial charge in [-0.25, -0.2) is 5.06 Å². The van der Waals surface area contributed by atoms with Crippen molar-refractivity contribution in [1.29, 1.82) is 0 Å². The van der Waals surface area contributed by atoms with Crippen molar-refractivity contribution < 1.29 is 9.63 Å². The SMILES string of the molecule is [B]c1cnc(C(=O)N(C)OC)c(CBr)c1. The van der Waals surface area contributed by atoms with Gasteiger partial charge >= 0.3 is 0 Å². The molecule has 0 spiro atoms. The number of hydroxylamine groups is 2. The summed E-state index contributed by atoms with van der Waals surface area (Å²) < 4.78 is 0. The summed E-state index contributed by atoms with van der Waals surface area (Å²) in [6, 6.07) is 1.71. The molecule has 0 fully saturated rings. The predicted octanol–water partition coefficient (Wildman–Crippen LogP) is 0.404. The quantitative estimate of drug-likeness (QED) is 0.453. The predicted molar refractivity (Wildman–Crippen MR) is 61.4 cm³/mol. The van der Waals surface area contributed by atoms with Gasteiger partial charge in [-0.15, -0.1) is 0 Å². The lowest BCUT2D eigenvalue weighted by molar-refractivity contribution is -0.0761. The lowest BCUT2D eigenvalue weighted by Crippen LogP contribution is -2.28. The Bertz CT molecular complexity index is 373. The van der Waals surface area contributed by atoms with E-state index in [1.807, 2.05) is 0 Å². The van der Waals surface area contributed by atoms with E-state index in [0.29, 0.717) is 16.5 Å². The zero-order chi connectivity index (χ0) is 11.4. The summed E-state index contributed by atoms with van der Waals surface area (Å²) in [6.07, 6.45) is 1.45. The van der Waals surface area contributed by atoms with Gasteiger partial charge in [0.05, 0.1) is 7.11 Å². The van der Waals surface area contributed by atoms with Crippen LogP contribution in [0, 0.1) is 0 Å². The lowest BCUT2D eigenvalue weighted by atomic mass is 9.96. The van der Waals surface area contributed by atoms with Crippen LogP contribution in [0.3, 0.4) is 0 Å². The molecule has 0 unspecified atom stereocenters. The van der Waals surface area contributed by atoms with E-state index >= 15 is 0 Å². The van der Waals surface area contributed by atoms with Gasteiger partial charge in [-0.3, -0.25) is 14.6 Å². The molecule has 2 radical (unpaired) electrons. The number of aromatic nitrogens is 1. The maximum Gasteiger partial charge on any atom is 0.296 e. The van der Waals surface area contributed by atoms with Crippen LogP contribution < -0.4 is 5.46 Å². The van der Waals surface area contributed by atoms with Gasteiger partial charge in [-0.05, 0) is 5.56 Å². The molecule has 78 valence electrons. The number of hydrogen-bond acceptors (Lipinski definition) is 3. The third kappa shape index (κ3) is 2.79. The molecule has 1 aromatic heterocycles. The Morgan fingerprint density at radius 2 is 2.40 bits per heavy atom. The average Bonchev–Trinajstić information content (AvgIpc) is 2.26. The lowest BCUT2D eigenvalue weighted by Gasteiger charge is -2.14. The molecule has 0 aliphatic carbocycles. The van der Waals surface area contributed by atoms with Crippen LogP contribution in [0.5, 0.6) is 0 Å². The summed E-state index contributed by atoms with van der Waals surface area (Å²) in [4.78, 5) is 20.5. The van der Waals surface area contributed by atoms with E-state index in [1.54, 1.807) is 6.07 Å². The van der Waals surface area contributed by atoms with Gasteiger partial charge in [0, 0.05) is 18.6 Å². The van der Waals surface area contributed by atoms with Crippen molar-refractivity contribution in [2.24, 2.45) is 0 Å². The summed E-state index contributed by atoms with van der Waals surface area (Å²) in [7, 11) is 8.52. The Morgan fingerprint density at radius 3 is 2.93 bits per heavy atom. The normalized spacial score (nSPS) is 10.1. The maximum absolute atomic E-state index is 11.7. The molecular formula is C9H10BBrN2O2. The molecule has 1 amide bonds. The monoisotopic (exact) mass is 268 g/mol. The van der Waals surface area contributed by atoms with Crippen LogP contribution in [-0.2, 0) is 10.2 Å². The molecule has 0 aliphatic rings. The van der Waals surface area contributed by atoms with Crippen molar-refractivity contribution in [3.05, 3.63) is 23.5 Å². The van der Waals surface area contributed by atoms with E-state index in [0.717, 1.165) is 10.6 Å². The fourth-order valence-electron chi connectivity index (χ4n) is 1.06. The summed E-state index contributed by atoms with van der Waals surface area (Å²) >= 11 is 3.27. The average molecular weight is 269 g/mol. The van der Waals surface area contributed by atoms with Crippen molar-refractivity contribution in [2.75, 3.05) is 14.2 Å². The molecule has 1 heterocycles. The molecule has 0 bridgehead atoms. The van der Waals surface area contributed by atoms with E-state index < -0.39 is 0 Å². The molecule has 0 saturated carbocycles. The highest BCUT2D eigenvalue weighted by molar-refractivity contribution is 9.08. The number of pyridine rings is 1. The Kier molecular flexibility index (Phi) is 4.29. The van der Waals surface area contributed by atoms with Crippen LogP contribution in [0.25, 0.3) is 0 Å². The molecule has 0 N–H and O–H groups in total. The molecule has 0 aliphatic heterocycles. The fourth-order valence-corrected chi connectivity index (χ4v) is 1.48. The molecule has 0 aromatic carbocycles. The fraction of sp³-hybridized carbons (Fsp3) is 0.333. The van der Waals surface area contributed by atoms with E-state index in [4.69, 9.17) is 12.7 Å². The largest absolute Gasteiger partial charge is 0.296 e. The highest BCUT2D eigenvalue weighted by Crippen LogP contribution is 2.10. The highest BCUT2D eigenvalue weighted by Gasteiger charge is 2.16. The van der Waals surface area contributed by atoms with Crippen LogP contribution >= 0.6 is 15.9 Å². The van der Waals surface area contributed by atoms with Crippen molar-refractivity contribution in [3.63, 3.8) is 0 Å². The van der Waals surface area contributed by atoms with Crippen molar-refractivity contribution >= 4 is 35.1 Å². The van der Waals surface area contributed by atoms with Gasteiger partial charge in [0.2, 0.25) is 0 Å². The summed E-state index contributed by atoms with van der Waals surface area (Å²) in [5.74, 6) is -0.299. The summed E-state index contributed by atoms with van der Waals surface area (Å²) in [6.45, 7) is 0. The van der Waals surface area contributed by atoms with Crippen LogP contribution in [0.2, 0.25) is 0 Å². The standard InChI is InChI=1S/C9H10BBrN2O2/c1-13(15-2)9(14)8-6(4-11)3-7(10)5-12-8/h3,5H,4H2,1-2H3. The number of nitrogens with zero attached hydrogens (tertiary/aromatic N) is 2. The van der Waals surface area contributed by atoms with Crippen molar-refractivity contribution in [2.45, 2.75) is 5.33 Å². The molecule has 0 atom stereocenters. The molecule has 0 saturated heterocycles. The maximum atomic E-state index is 11.7. The number of carbonyl (C=O) groups excluding carboxylic acids is 1. The Labute approximate surface area is 98.1 Å². The van der Waals surface area contributed by atoms with Crippen LogP contribution in [0.1, 0.15) is 16.1 Å². The number of carbonyl (C=O) groups is 1. The van der Waals surface area contributed by atoms with Crippen LogP contribution in [0.15, 0.2) is 12.3 Å². The van der Waals surface area contributed by atoms with Crippen molar-refractivity contribution in [1.82, 2.24) is 10.0 Å². The van der Waals surface area contributed by atoms with Gasteiger partial charge in [0.1, 0.15) is 13.5 Å². The molecule has 1 aromatic rings. The molecule has 15 heavy (non-hydrogen) atoms. The third-order valence-electron chi connectivity index (χ3n) is 1.89. The minimum Gasteiger partial charge on any atom is -0.274 e. The second-order valence-corrected chi connectivity index (χ2v) is 3.46. The first kappa shape index (κ1) is 12.2.